The summed E-state index contributed by atoms with van der Waals surface area (Å²) in [5, 5.41) is 9.74. The van der Waals surface area contributed by atoms with Crippen LogP contribution < -0.4 is 15.4 Å². The predicted octanol–water partition coefficient (Wildman–Crippen LogP) is 3.78. The second-order valence-corrected chi connectivity index (χ2v) is 6.07. The van der Waals surface area contributed by atoms with Gasteiger partial charge in [-0.05, 0) is 43.4 Å². The molecule has 0 radical (unpaired) electrons. The van der Waals surface area contributed by atoms with Crippen LogP contribution in [-0.2, 0) is 6.54 Å². The van der Waals surface area contributed by atoms with Crippen LogP contribution in [0, 0.1) is 5.92 Å². The number of hydrogen-bond donors (Lipinski definition) is 2. The second-order valence-electron chi connectivity index (χ2n) is 6.07. The molecule has 6 nitrogen and oxygen atoms in total. The maximum absolute atomic E-state index is 12.2. The molecule has 1 fully saturated rings. The van der Waals surface area contributed by atoms with Crippen molar-refractivity contribution in [3.63, 3.8) is 0 Å². The van der Waals surface area contributed by atoms with E-state index in [1.807, 2.05) is 4.68 Å². The summed E-state index contributed by atoms with van der Waals surface area (Å²) in [4.78, 5) is 12.1. The lowest BCUT2D eigenvalue weighted by Gasteiger charge is -2.15. The SMILES string of the molecule is C[C@H](C1CC1)n1nccc1NC(=O)NCc1cccc(OC(F)F)c1. The van der Waals surface area contributed by atoms with Gasteiger partial charge in [-0.15, -0.1) is 0 Å². The minimum absolute atomic E-state index is 0.0612. The van der Waals surface area contributed by atoms with Crippen LogP contribution in [-0.4, -0.2) is 22.4 Å². The molecule has 1 heterocycles. The highest BCUT2D eigenvalue weighted by atomic mass is 19.3. The Balaban J connectivity index is 1.54. The highest BCUT2D eigenvalue weighted by molar-refractivity contribution is 5.88. The van der Waals surface area contributed by atoms with Gasteiger partial charge in [-0.3, -0.25) is 5.32 Å². The molecule has 0 aliphatic heterocycles. The van der Waals surface area contributed by atoms with Crippen LogP contribution in [0.1, 0.15) is 31.4 Å². The number of halogens is 2. The number of ether oxygens (including phenoxy) is 1. The molecule has 0 saturated heterocycles. The van der Waals surface area contributed by atoms with Crippen molar-refractivity contribution >= 4 is 11.8 Å². The Hall–Kier alpha value is -2.64. The van der Waals surface area contributed by atoms with Crippen LogP contribution in [0.3, 0.4) is 0 Å². The molecule has 1 aromatic heterocycles. The average Bonchev–Trinajstić information content (AvgIpc) is 3.32. The van der Waals surface area contributed by atoms with Crippen molar-refractivity contribution in [1.29, 1.82) is 0 Å². The molecule has 1 atom stereocenters. The van der Waals surface area contributed by atoms with Gasteiger partial charge >= 0.3 is 12.6 Å². The third-order valence-electron chi connectivity index (χ3n) is 4.18. The lowest BCUT2D eigenvalue weighted by atomic mass is 10.2. The Morgan fingerprint density at radius 2 is 2.20 bits per heavy atom. The van der Waals surface area contributed by atoms with Gasteiger partial charge in [0.1, 0.15) is 11.6 Å². The van der Waals surface area contributed by atoms with E-state index >= 15 is 0 Å². The normalized spacial score (nSPS) is 15.0. The molecule has 1 saturated carbocycles. The third-order valence-corrected chi connectivity index (χ3v) is 4.18. The number of benzene rings is 1. The zero-order valence-corrected chi connectivity index (χ0v) is 13.8. The number of hydrogen-bond acceptors (Lipinski definition) is 3. The van der Waals surface area contributed by atoms with Gasteiger partial charge in [0, 0.05) is 12.6 Å². The summed E-state index contributed by atoms with van der Waals surface area (Å²) in [7, 11) is 0. The Labute approximate surface area is 144 Å². The molecule has 1 aliphatic rings. The molecule has 2 aromatic rings. The van der Waals surface area contributed by atoms with Crippen molar-refractivity contribution in [2.24, 2.45) is 5.92 Å². The fourth-order valence-electron chi connectivity index (χ4n) is 2.69. The summed E-state index contributed by atoms with van der Waals surface area (Å²) in [6.07, 6.45) is 4.02. The average molecular weight is 350 g/mol. The van der Waals surface area contributed by atoms with Gasteiger partial charge in [-0.2, -0.15) is 13.9 Å². The van der Waals surface area contributed by atoms with Gasteiger partial charge in [0.05, 0.1) is 12.2 Å². The van der Waals surface area contributed by atoms with Gasteiger partial charge in [-0.25, -0.2) is 9.48 Å². The summed E-state index contributed by atoms with van der Waals surface area (Å²) in [5.74, 6) is 1.30. The Morgan fingerprint density at radius 1 is 1.40 bits per heavy atom. The van der Waals surface area contributed by atoms with Crippen molar-refractivity contribution in [2.45, 2.75) is 39.0 Å². The number of nitrogens with zero attached hydrogens (tertiary/aromatic N) is 2. The molecule has 0 spiro atoms. The first-order chi connectivity index (χ1) is 12.0. The van der Waals surface area contributed by atoms with E-state index < -0.39 is 6.61 Å². The molecule has 3 rings (SSSR count). The number of aromatic nitrogens is 2. The molecular formula is C17H20F2N4O2. The molecule has 8 heteroatoms. The Bertz CT molecular complexity index is 731. The zero-order valence-electron chi connectivity index (χ0n) is 13.8. The van der Waals surface area contributed by atoms with Gasteiger partial charge in [0.15, 0.2) is 0 Å². The lowest BCUT2D eigenvalue weighted by molar-refractivity contribution is -0.0498. The van der Waals surface area contributed by atoms with E-state index in [1.165, 1.54) is 25.0 Å². The van der Waals surface area contributed by atoms with Crippen LogP contribution in [0.2, 0.25) is 0 Å². The quantitative estimate of drug-likeness (QED) is 0.798. The first kappa shape index (κ1) is 17.2. The Morgan fingerprint density at radius 3 is 2.92 bits per heavy atom. The van der Waals surface area contributed by atoms with Gasteiger partial charge in [0.25, 0.3) is 0 Å². The molecule has 1 aromatic carbocycles. The van der Waals surface area contributed by atoms with Crippen molar-refractivity contribution in [2.75, 3.05) is 5.32 Å². The standard InChI is InChI=1S/C17H20F2N4O2/c1-11(13-5-6-13)23-15(7-8-21-23)22-17(24)20-10-12-3-2-4-14(9-12)25-16(18)19/h2-4,7-9,11,13,16H,5-6,10H2,1H3,(H2,20,22,24)/t11-/m1/s1. The molecule has 134 valence electrons. The topological polar surface area (TPSA) is 68.2 Å². The van der Waals surface area contributed by atoms with E-state index in [9.17, 15) is 13.6 Å². The molecule has 0 unspecified atom stereocenters. The number of nitrogens with one attached hydrogen (secondary N) is 2. The summed E-state index contributed by atoms with van der Waals surface area (Å²) in [6.45, 7) is -0.596. The van der Waals surface area contributed by atoms with Crippen LogP contribution in [0.15, 0.2) is 36.5 Å². The minimum Gasteiger partial charge on any atom is -0.435 e. The molecular weight excluding hydrogens is 330 g/mol. The number of alkyl halides is 2. The Kier molecular flexibility index (Phi) is 5.16. The summed E-state index contributed by atoms with van der Waals surface area (Å²) >= 11 is 0. The summed E-state index contributed by atoms with van der Waals surface area (Å²) in [6, 6.07) is 7.82. The zero-order chi connectivity index (χ0) is 17.8. The summed E-state index contributed by atoms with van der Waals surface area (Å²) < 4.78 is 30.6. The number of urea groups is 1. The highest BCUT2D eigenvalue weighted by Gasteiger charge is 2.30. The molecule has 2 amide bonds. The van der Waals surface area contributed by atoms with E-state index in [0.29, 0.717) is 17.3 Å². The van der Waals surface area contributed by atoms with E-state index in [1.54, 1.807) is 24.4 Å². The van der Waals surface area contributed by atoms with Crippen LogP contribution in [0.5, 0.6) is 5.75 Å². The number of carbonyl (C=O) groups is 1. The van der Waals surface area contributed by atoms with Gasteiger partial charge < -0.3 is 10.1 Å². The van der Waals surface area contributed by atoms with Crippen molar-refractivity contribution in [3.8, 4) is 5.75 Å². The maximum Gasteiger partial charge on any atom is 0.387 e. The predicted molar refractivity (Wildman–Crippen MR) is 88.6 cm³/mol. The van der Waals surface area contributed by atoms with Gasteiger partial charge in [0.2, 0.25) is 0 Å². The first-order valence-corrected chi connectivity index (χ1v) is 8.15. The highest BCUT2D eigenvalue weighted by Crippen LogP contribution is 2.40. The fourth-order valence-corrected chi connectivity index (χ4v) is 2.69. The number of rotatable bonds is 7. The van der Waals surface area contributed by atoms with E-state index in [2.05, 4.69) is 27.4 Å². The number of anilines is 1. The number of amides is 2. The third kappa shape index (κ3) is 4.68. The minimum atomic E-state index is -2.87. The summed E-state index contributed by atoms with van der Waals surface area (Å²) in [5.41, 5.74) is 0.660. The lowest BCUT2D eigenvalue weighted by Crippen LogP contribution is -2.29. The first-order valence-electron chi connectivity index (χ1n) is 8.15. The largest absolute Gasteiger partial charge is 0.435 e. The second kappa shape index (κ2) is 7.50. The maximum atomic E-state index is 12.2. The van der Waals surface area contributed by atoms with Gasteiger partial charge in [-0.1, -0.05) is 12.1 Å². The van der Waals surface area contributed by atoms with Crippen molar-refractivity contribution in [1.82, 2.24) is 15.1 Å². The molecule has 1 aliphatic carbocycles. The number of carbonyl (C=O) groups excluding carboxylic acids is 1. The fraction of sp³-hybridized carbons (Fsp3) is 0.412. The molecule has 2 N–H and O–H groups in total. The van der Waals surface area contributed by atoms with E-state index in [0.717, 1.165) is 0 Å². The van der Waals surface area contributed by atoms with E-state index in [-0.39, 0.29) is 24.4 Å². The monoisotopic (exact) mass is 350 g/mol. The van der Waals surface area contributed by atoms with Crippen LogP contribution >= 0.6 is 0 Å². The van der Waals surface area contributed by atoms with Crippen molar-refractivity contribution in [3.05, 3.63) is 42.1 Å². The molecule has 25 heavy (non-hydrogen) atoms. The smallest absolute Gasteiger partial charge is 0.387 e. The van der Waals surface area contributed by atoms with Crippen LogP contribution in [0.25, 0.3) is 0 Å². The van der Waals surface area contributed by atoms with Crippen molar-refractivity contribution < 1.29 is 18.3 Å². The molecule has 0 bridgehead atoms. The van der Waals surface area contributed by atoms with E-state index in [4.69, 9.17) is 0 Å². The van der Waals surface area contributed by atoms with Crippen LogP contribution in [0.4, 0.5) is 19.4 Å².